The minimum atomic E-state index is -0.837. The lowest BCUT2D eigenvalue weighted by atomic mass is 9.73. The lowest BCUT2D eigenvalue weighted by molar-refractivity contribution is -0.137. The Morgan fingerprint density at radius 2 is 2.00 bits per heavy atom. The normalized spacial score (nSPS) is 24.3. The van der Waals surface area contributed by atoms with Crippen LogP contribution < -0.4 is 10.6 Å². The summed E-state index contributed by atoms with van der Waals surface area (Å²) in [5.41, 5.74) is 1.12. The number of nitrogens with zero attached hydrogens (tertiary/aromatic N) is 1. The van der Waals surface area contributed by atoms with E-state index in [0.717, 1.165) is 35.3 Å². The van der Waals surface area contributed by atoms with E-state index in [1.165, 1.54) is 0 Å². The summed E-state index contributed by atoms with van der Waals surface area (Å²) in [4.78, 5) is 38.9. The first kappa shape index (κ1) is 21.3. The number of hydrogen-bond donors (Lipinski definition) is 2. The van der Waals surface area contributed by atoms with E-state index in [4.69, 9.17) is 4.74 Å². The lowest BCUT2D eigenvalue weighted by Crippen LogP contribution is -2.54. The molecule has 2 aliphatic rings. The summed E-state index contributed by atoms with van der Waals surface area (Å²) < 4.78 is 5.67. The van der Waals surface area contributed by atoms with Crippen LogP contribution in [0.1, 0.15) is 57.6 Å². The molecule has 3 rings (SSSR count). The third-order valence-electron chi connectivity index (χ3n) is 5.97. The van der Waals surface area contributed by atoms with Crippen LogP contribution in [0.2, 0.25) is 0 Å². The van der Waals surface area contributed by atoms with Crippen LogP contribution in [0, 0.1) is 5.92 Å². The fraction of sp³-hybridized carbons (Fsp3) is 0.591. The first-order chi connectivity index (χ1) is 13.8. The van der Waals surface area contributed by atoms with Gasteiger partial charge in [-0.1, -0.05) is 44.0 Å². The van der Waals surface area contributed by atoms with E-state index in [0.29, 0.717) is 19.6 Å². The molecule has 1 spiro atoms. The molecule has 2 atom stereocenters. The molecule has 1 aliphatic heterocycles. The quantitative estimate of drug-likeness (QED) is 0.688. The molecule has 1 aromatic carbocycles. The summed E-state index contributed by atoms with van der Waals surface area (Å²) in [6, 6.07) is 7.28. The van der Waals surface area contributed by atoms with Gasteiger partial charge in [0.05, 0.1) is 12.7 Å². The molecule has 1 aromatic rings. The third-order valence-corrected chi connectivity index (χ3v) is 5.97. The van der Waals surface area contributed by atoms with Crippen molar-refractivity contribution >= 4 is 17.8 Å². The van der Waals surface area contributed by atoms with E-state index in [2.05, 4.69) is 10.6 Å². The summed E-state index contributed by atoms with van der Waals surface area (Å²) in [7, 11) is 0. The van der Waals surface area contributed by atoms with Crippen molar-refractivity contribution in [3.63, 3.8) is 0 Å². The van der Waals surface area contributed by atoms with Gasteiger partial charge in [0.2, 0.25) is 5.91 Å². The van der Waals surface area contributed by atoms with E-state index in [1.807, 2.05) is 45.0 Å². The van der Waals surface area contributed by atoms with Gasteiger partial charge in [-0.05, 0) is 43.7 Å². The number of carbonyl (C=O) groups excluding carboxylic acids is 3. The molecular formula is C22H31N3O4. The highest BCUT2D eigenvalue weighted by Crippen LogP contribution is 2.38. The van der Waals surface area contributed by atoms with Crippen LogP contribution in [0.3, 0.4) is 0 Å². The first-order valence-electron chi connectivity index (χ1n) is 10.4. The van der Waals surface area contributed by atoms with Crippen LogP contribution in [0.25, 0.3) is 0 Å². The topological polar surface area (TPSA) is 87.7 Å². The van der Waals surface area contributed by atoms with Crippen molar-refractivity contribution in [2.75, 3.05) is 6.54 Å². The van der Waals surface area contributed by atoms with Crippen LogP contribution in [0.15, 0.2) is 24.3 Å². The highest BCUT2D eigenvalue weighted by Gasteiger charge is 2.55. The Morgan fingerprint density at radius 1 is 1.28 bits per heavy atom. The van der Waals surface area contributed by atoms with Gasteiger partial charge in [-0.25, -0.2) is 4.79 Å². The van der Waals surface area contributed by atoms with Crippen LogP contribution in [0.5, 0.6) is 0 Å². The van der Waals surface area contributed by atoms with Crippen molar-refractivity contribution in [1.29, 1.82) is 0 Å². The van der Waals surface area contributed by atoms with E-state index >= 15 is 0 Å². The number of hydrogen-bond acceptors (Lipinski definition) is 4. The maximum absolute atomic E-state index is 13.0. The monoisotopic (exact) mass is 401 g/mol. The van der Waals surface area contributed by atoms with Crippen molar-refractivity contribution in [2.45, 2.75) is 71.2 Å². The maximum atomic E-state index is 13.0. The third kappa shape index (κ3) is 4.61. The predicted molar refractivity (Wildman–Crippen MR) is 109 cm³/mol. The van der Waals surface area contributed by atoms with Gasteiger partial charge in [-0.2, -0.15) is 0 Å². The zero-order valence-corrected chi connectivity index (χ0v) is 17.5. The van der Waals surface area contributed by atoms with Crippen molar-refractivity contribution in [2.24, 2.45) is 5.92 Å². The Balaban J connectivity index is 1.59. The molecular weight excluding hydrogens is 370 g/mol. The minimum absolute atomic E-state index is 0.0774. The van der Waals surface area contributed by atoms with Gasteiger partial charge < -0.3 is 15.4 Å². The Labute approximate surface area is 172 Å². The van der Waals surface area contributed by atoms with E-state index in [-0.39, 0.29) is 30.4 Å². The summed E-state index contributed by atoms with van der Waals surface area (Å²) in [6.45, 7) is 6.48. The van der Waals surface area contributed by atoms with Crippen molar-refractivity contribution in [1.82, 2.24) is 15.5 Å². The Kier molecular flexibility index (Phi) is 6.57. The number of amides is 4. The zero-order valence-electron chi connectivity index (χ0n) is 17.5. The first-order valence-corrected chi connectivity index (χ1v) is 10.4. The van der Waals surface area contributed by atoms with Crippen LogP contribution in [0.4, 0.5) is 4.79 Å². The number of benzene rings is 1. The molecule has 0 bridgehead atoms. The molecule has 2 fully saturated rings. The van der Waals surface area contributed by atoms with Crippen molar-refractivity contribution in [3.8, 4) is 0 Å². The predicted octanol–water partition coefficient (Wildman–Crippen LogP) is 2.73. The second-order valence-corrected chi connectivity index (χ2v) is 8.34. The van der Waals surface area contributed by atoms with Gasteiger partial charge >= 0.3 is 6.03 Å². The van der Waals surface area contributed by atoms with Gasteiger partial charge in [0.1, 0.15) is 12.1 Å². The number of imide groups is 1. The summed E-state index contributed by atoms with van der Waals surface area (Å²) in [5, 5.41) is 5.70. The Bertz CT molecular complexity index is 779. The average Bonchev–Trinajstić information content (AvgIpc) is 2.92. The van der Waals surface area contributed by atoms with Crippen molar-refractivity contribution < 1.29 is 19.1 Å². The lowest BCUT2D eigenvalue weighted by Gasteiger charge is -2.36. The van der Waals surface area contributed by atoms with E-state index in [9.17, 15) is 14.4 Å². The van der Waals surface area contributed by atoms with Gasteiger partial charge in [0.15, 0.2) is 0 Å². The molecule has 29 heavy (non-hydrogen) atoms. The molecule has 1 saturated heterocycles. The average molecular weight is 402 g/mol. The van der Waals surface area contributed by atoms with Gasteiger partial charge in [-0.15, -0.1) is 0 Å². The van der Waals surface area contributed by atoms with Gasteiger partial charge in [-0.3, -0.25) is 14.5 Å². The molecule has 2 N–H and O–H groups in total. The number of ether oxygens (including phenoxy) is 1. The smallest absolute Gasteiger partial charge is 0.325 e. The summed E-state index contributed by atoms with van der Waals surface area (Å²) in [6.07, 6.45) is 3.63. The highest BCUT2D eigenvalue weighted by atomic mass is 16.5. The molecule has 1 saturated carbocycles. The molecule has 4 amide bonds. The molecule has 158 valence electrons. The second kappa shape index (κ2) is 8.95. The maximum Gasteiger partial charge on any atom is 0.325 e. The van der Waals surface area contributed by atoms with Gasteiger partial charge in [0, 0.05) is 6.54 Å². The fourth-order valence-corrected chi connectivity index (χ4v) is 4.16. The van der Waals surface area contributed by atoms with Gasteiger partial charge in [0.25, 0.3) is 5.91 Å². The summed E-state index contributed by atoms with van der Waals surface area (Å²) in [5.74, 6) is -0.544. The Morgan fingerprint density at radius 3 is 2.69 bits per heavy atom. The molecule has 7 nitrogen and oxygen atoms in total. The SMILES string of the molecule is CC(C)OCc1ccccc1CNC(=O)CN1C(=O)NC2(CCCCC2C)C1=O. The zero-order chi connectivity index (χ0) is 21.0. The molecule has 1 aliphatic carbocycles. The second-order valence-electron chi connectivity index (χ2n) is 8.34. The number of nitrogens with one attached hydrogen (secondary N) is 2. The molecule has 2 unspecified atom stereocenters. The molecule has 0 radical (unpaired) electrons. The van der Waals surface area contributed by atoms with Crippen molar-refractivity contribution in [3.05, 3.63) is 35.4 Å². The molecule has 0 aromatic heterocycles. The molecule has 1 heterocycles. The minimum Gasteiger partial charge on any atom is -0.374 e. The number of rotatable bonds is 7. The largest absolute Gasteiger partial charge is 0.374 e. The Hall–Kier alpha value is -2.41. The standard InChI is InChI=1S/C22H31N3O4/c1-15(2)29-14-18-10-5-4-9-17(18)12-23-19(26)13-25-20(27)22(24-21(25)28)11-7-6-8-16(22)3/h4-5,9-10,15-16H,6-8,11-14H2,1-3H3,(H,23,26)(H,24,28). The number of urea groups is 1. The van der Waals surface area contributed by atoms with Crippen LogP contribution in [-0.4, -0.2) is 40.9 Å². The summed E-state index contributed by atoms with van der Waals surface area (Å²) >= 11 is 0. The van der Waals surface area contributed by atoms with Crippen LogP contribution >= 0.6 is 0 Å². The van der Waals surface area contributed by atoms with Crippen LogP contribution in [-0.2, 0) is 27.5 Å². The highest BCUT2D eigenvalue weighted by molar-refractivity contribution is 6.09. The number of carbonyl (C=O) groups is 3. The fourth-order valence-electron chi connectivity index (χ4n) is 4.16. The molecule has 7 heteroatoms. The van der Waals surface area contributed by atoms with E-state index in [1.54, 1.807) is 0 Å². The van der Waals surface area contributed by atoms with E-state index < -0.39 is 11.6 Å².